The van der Waals surface area contributed by atoms with E-state index in [1.54, 1.807) is 11.2 Å². The van der Waals surface area contributed by atoms with Crippen molar-refractivity contribution in [1.82, 2.24) is 5.01 Å². The molecule has 0 aromatic heterocycles. The molecule has 0 aromatic carbocycles. The third kappa shape index (κ3) is 3.98. The Bertz CT molecular complexity index is 777. The molecule has 0 aromatic rings. The van der Waals surface area contributed by atoms with Crippen molar-refractivity contribution in [3.05, 3.63) is 11.8 Å². The highest BCUT2D eigenvalue weighted by Gasteiger charge is 2.61. The van der Waals surface area contributed by atoms with E-state index in [1.807, 2.05) is 13.8 Å². The molecule has 0 bridgehead atoms. The van der Waals surface area contributed by atoms with Crippen molar-refractivity contribution >= 4 is 12.5 Å². The van der Waals surface area contributed by atoms with Gasteiger partial charge in [0.2, 0.25) is 0 Å². The van der Waals surface area contributed by atoms with Crippen LogP contribution in [0.2, 0.25) is 0 Å². The molecule has 4 fully saturated rings. The fraction of sp³-hybridized carbons (Fsp3) is 0.852. The first-order valence-electron chi connectivity index (χ1n) is 12.8. The zero-order valence-corrected chi connectivity index (χ0v) is 20.6. The van der Waals surface area contributed by atoms with Gasteiger partial charge in [-0.15, -0.1) is 0 Å². The number of aliphatic hydroxyl groups is 2. The van der Waals surface area contributed by atoms with Crippen LogP contribution in [0.1, 0.15) is 85.5 Å². The Balaban J connectivity index is 1.49. The first kappa shape index (κ1) is 23.9. The molecule has 5 heteroatoms. The molecule has 4 saturated carbocycles. The molecule has 2 N–H and O–H groups in total. The summed E-state index contributed by atoms with van der Waals surface area (Å²) in [6.45, 7) is 12.6. The molecular weight excluding hydrogens is 400 g/mol. The summed E-state index contributed by atoms with van der Waals surface area (Å²) in [6, 6.07) is 0. The molecule has 0 spiro atoms. The first-order valence-corrected chi connectivity index (χ1v) is 12.8. The highest BCUT2D eigenvalue weighted by molar-refractivity contribution is 5.84. The fourth-order valence-corrected chi connectivity index (χ4v) is 8.66. The van der Waals surface area contributed by atoms with Gasteiger partial charge in [0, 0.05) is 18.8 Å². The van der Waals surface area contributed by atoms with Crippen molar-refractivity contribution in [3.63, 3.8) is 0 Å². The molecule has 4 rings (SSSR count). The molecule has 0 heterocycles. The predicted molar refractivity (Wildman–Crippen MR) is 128 cm³/mol. The number of ketones is 1. The molecular formula is C27H44N2O3. The lowest BCUT2D eigenvalue weighted by Crippen LogP contribution is -2.55. The summed E-state index contributed by atoms with van der Waals surface area (Å²) in [5.41, 5.74) is 0.728. The van der Waals surface area contributed by atoms with E-state index in [4.69, 9.17) is 0 Å². The van der Waals surface area contributed by atoms with Crippen molar-refractivity contribution in [1.29, 1.82) is 0 Å². The Morgan fingerprint density at radius 2 is 1.78 bits per heavy atom. The van der Waals surface area contributed by atoms with E-state index in [0.717, 1.165) is 49.5 Å². The number of carbonyl (C=O) groups excluding carboxylic acids is 1. The Labute approximate surface area is 194 Å². The van der Waals surface area contributed by atoms with Gasteiger partial charge < -0.3 is 10.2 Å². The zero-order chi connectivity index (χ0) is 23.3. The summed E-state index contributed by atoms with van der Waals surface area (Å²) in [5, 5.41) is 25.6. The van der Waals surface area contributed by atoms with Gasteiger partial charge in [-0.2, -0.15) is 5.10 Å². The van der Waals surface area contributed by atoms with Crippen LogP contribution in [0.3, 0.4) is 0 Å². The van der Waals surface area contributed by atoms with Gasteiger partial charge in [0.05, 0.1) is 18.8 Å². The van der Waals surface area contributed by atoms with Crippen LogP contribution in [-0.4, -0.2) is 46.5 Å². The molecule has 8 atom stereocenters. The van der Waals surface area contributed by atoms with Crippen molar-refractivity contribution in [3.8, 4) is 0 Å². The highest BCUT2D eigenvalue weighted by atomic mass is 16.3. The predicted octanol–water partition coefficient (Wildman–Crippen LogP) is 4.78. The second-order valence-corrected chi connectivity index (χ2v) is 12.4. The Morgan fingerprint density at radius 1 is 1.06 bits per heavy atom. The van der Waals surface area contributed by atoms with Crippen LogP contribution in [0.4, 0.5) is 0 Å². The lowest BCUT2D eigenvalue weighted by atomic mass is 9.44. The smallest absolute Gasteiger partial charge is 0.157 e. The minimum atomic E-state index is -0.487. The van der Waals surface area contributed by atoms with E-state index in [1.165, 1.54) is 25.7 Å². The topological polar surface area (TPSA) is 73.1 Å². The van der Waals surface area contributed by atoms with Crippen LogP contribution in [0.5, 0.6) is 0 Å². The van der Waals surface area contributed by atoms with Crippen LogP contribution in [0.25, 0.3) is 0 Å². The van der Waals surface area contributed by atoms with Gasteiger partial charge in [0.1, 0.15) is 0 Å². The van der Waals surface area contributed by atoms with Crippen molar-refractivity contribution in [2.45, 2.75) is 91.1 Å². The van der Waals surface area contributed by atoms with E-state index >= 15 is 0 Å². The minimum absolute atomic E-state index is 0.0400. The van der Waals surface area contributed by atoms with Gasteiger partial charge in [-0.3, -0.25) is 9.80 Å². The van der Waals surface area contributed by atoms with Crippen LogP contribution >= 0.6 is 0 Å². The lowest BCUT2D eigenvalue weighted by Gasteiger charge is -2.61. The molecule has 180 valence electrons. The summed E-state index contributed by atoms with van der Waals surface area (Å²) >= 11 is 0. The zero-order valence-electron chi connectivity index (χ0n) is 20.6. The van der Waals surface area contributed by atoms with Crippen LogP contribution in [0.15, 0.2) is 16.9 Å². The number of hydrazone groups is 1. The van der Waals surface area contributed by atoms with Crippen molar-refractivity contribution in [2.24, 2.45) is 45.5 Å². The van der Waals surface area contributed by atoms with Gasteiger partial charge in [-0.1, -0.05) is 13.8 Å². The number of hydrogen-bond acceptors (Lipinski definition) is 5. The number of hydrogen-bond donors (Lipinski definition) is 2. The van der Waals surface area contributed by atoms with Crippen LogP contribution in [0, 0.1) is 40.4 Å². The summed E-state index contributed by atoms with van der Waals surface area (Å²) in [5.74, 6) is 3.11. The van der Waals surface area contributed by atoms with Gasteiger partial charge >= 0.3 is 0 Å². The van der Waals surface area contributed by atoms with Gasteiger partial charge in [-0.05, 0) is 112 Å². The van der Waals surface area contributed by atoms with E-state index in [2.05, 4.69) is 25.7 Å². The third-order valence-corrected chi connectivity index (χ3v) is 10.5. The summed E-state index contributed by atoms with van der Waals surface area (Å²) in [6.07, 6.45) is 11.8. The molecule has 0 saturated heterocycles. The highest BCUT2D eigenvalue weighted by Crippen LogP contribution is 2.68. The SMILES string of the molecule is C=NN(/C=C(\C)CO)CC(=O)[C@H]1CC[C@H]2[C@@H]3CC[C@H]4C[C@](C)(O)CC[C@]4(C)[C@H]3CC[C@]12C. The number of rotatable bonds is 6. The van der Waals surface area contributed by atoms with Gasteiger partial charge in [0.25, 0.3) is 0 Å². The molecule has 4 aliphatic rings. The monoisotopic (exact) mass is 444 g/mol. The third-order valence-electron chi connectivity index (χ3n) is 10.5. The second-order valence-electron chi connectivity index (χ2n) is 12.4. The lowest BCUT2D eigenvalue weighted by molar-refractivity contribution is -0.150. The normalized spacial score (nSPS) is 46.1. The Hall–Kier alpha value is -1.20. The van der Waals surface area contributed by atoms with E-state index < -0.39 is 5.60 Å². The largest absolute Gasteiger partial charge is 0.392 e. The second kappa shape index (κ2) is 8.54. The van der Waals surface area contributed by atoms with Crippen molar-refractivity contribution < 1.29 is 15.0 Å². The Morgan fingerprint density at radius 3 is 2.47 bits per heavy atom. The van der Waals surface area contributed by atoms with Crippen molar-refractivity contribution in [2.75, 3.05) is 13.2 Å². The average Bonchev–Trinajstić information content (AvgIpc) is 3.10. The quantitative estimate of drug-likeness (QED) is 0.457. The molecule has 0 unspecified atom stereocenters. The first-order chi connectivity index (χ1) is 15.0. The number of fused-ring (bicyclic) bond motifs is 5. The number of carbonyl (C=O) groups is 1. The number of aliphatic hydroxyl groups excluding tert-OH is 1. The van der Waals surface area contributed by atoms with Crippen LogP contribution in [-0.2, 0) is 4.79 Å². The van der Waals surface area contributed by atoms with Gasteiger partial charge in [-0.25, -0.2) is 0 Å². The molecule has 0 radical (unpaired) electrons. The maximum Gasteiger partial charge on any atom is 0.157 e. The molecule has 4 aliphatic carbocycles. The van der Waals surface area contributed by atoms with E-state index in [-0.39, 0.29) is 30.3 Å². The summed E-state index contributed by atoms with van der Waals surface area (Å²) < 4.78 is 0. The molecule has 0 amide bonds. The average molecular weight is 445 g/mol. The maximum atomic E-state index is 13.4. The molecule has 32 heavy (non-hydrogen) atoms. The number of nitrogens with zero attached hydrogens (tertiary/aromatic N) is 2. The Kier molecular flexibility index (Phi) is 6.39. The summed E-state index contributed by atoms with van der Waals surface area (Å²) in [7, 11) is 0. The maximum absolute atomic E-state index is 13.4. The number of Topliss-reactive ketones (excluding diaryl/α,β-unsaturated/α-hetero) is 1. The standard InChI is InChI=1S/C27H44N2O3/c1-18(17-30)15-29(28-5)16-24(31)23-9-8-21-20-7-6-19-14-25(2,32)12-13-26(19,3)22(20)10-11-27(21,23)4/h15,19-23,30,32H,5-14,16-17H2,1-4H3/b18-15+/t19-,20-,21-,22-,23+,25+,26-,27-/m0/s1. The van der Waals surface area contributed by atoms with Crippen LogP contribution < -0.4 is 0 Å². The summed E-state index contributed by atoms with van der Waals surface area (Å²) in [4.78, 5) is 13.4. The molecule has 5 nitrogen and oxygen atoms in total. The molecule has 0 aliphatic heterocycles. The van der Waals surface area contributed by atoms with Gasteiger partial charge in [0.15, 0.2) is 5.78 Å². The fourth-order valence-electron chi connectivity index (χ4n) is 8.66. The minimum Gasteiger partial charge on any atom is -0.392 e. The van der Waals surface area contributed by atoms with E-state index in [0.29, 0.717) is 17.3 Å². The van der Waals surface area contributed by atoms with E-state index in [9.17, 15) is 15.0 Å².